The van der Waals surface area contributed by atoms with E-state index in [4.69, 9.17) is 5.26 Å². The van der Waals surface area contributed by atoms with Gasteiger partial charge in [-0.25, -0.2) is 9.97 Å². The third-order valence-electron chi connectivity index (χ3n) is 5.62. The molecule has 1 aliphatic carbocycles. The van der Waals surface area contributed by atoms with Gasteiger partial charge in [-0.05, 0) is 71.1 Å². The molecule has 4 rings (SSSR count). The molecule has 188 valence electrons. The van der Waals surface area contributed by atoms with E-state index >= 15 is 0 Å². The van der Waals surface area contributed by atoms with E-state index in [1.165, 1.54) is 29.9 Å². The van der Waals surface area contributed by atoms with Crippen molar-refractivity contribution in [3.8, 4) is 11.9 Å². The number of hydrogen-bond donors (Lipinski definition) is 1. The van der Waals surface area contributed by atoms with Crippen molar-refractivity contribution in [1.82, 2.24) is 25.1 Å². The summed E-state index contributed by atoms with van der Waals surface area (Å²) in [5.74, 6) is -3.39. The fourth-order valence-corrected chi connectivity index (χ4v) is 4.09. The minimum atomic E-state index is -4.86. The van der Waals surface area contributed by atoms with E-state index in [1.807, 2.05) is 6.07 Å². The predicted octanol–water partition coefficient (Wildman–Crippen LogP) is 5.47. The quantitative estimate of drug-likeness (QED) is 0.409. The first-order valence-electron chi connectivity index (χ1n) is 10.4. The van der Waals surface area contributed by atoms with Gasteiger partial charge in [0, 0.05) is 11.8 Å². The number of amides is 1. The monoisotopic (exact) mass is 572 g/mol. The molecule has 3 unspecified atom stereocenters. The van der Waals surface area contributed by atoms with Gasteiger partial charge in [-0.3, -0.25) is 4.79 Å². The Morgan fingerprint density at radius 1 is 1.22 bits per heavy atom. The fraction of sp³-hybridized carbons (Fsp3) is 0.318. The number of alkyl halides is 6. The Kier molecular flexibility index (Phi) is 6.54. The van der Waals surface area contributed by atoms with Gasteiger partial charge in [-0.2, -0.15) is 36.3 Å². The molecule has 0 bridgehead atoms. The van der Waals surface area contributed by atoms with Crippen LogP contribution in [0.3, 0.4) is 0 Å². The average molecular weight is 573 g/mol. The predicted molar refractivity (Wildman–Crippen MR) is 116 cm³/mol. The zero-order valence-electron chi connectivity index (χ0n) is 18.2. The maximum Gasteiger partial charge on any atom is 0.416 e. The lowest BCUT2D eigenvalue weighted by molar-refractivity contribution is -0.148. The molecule has 1 saturated carbocycles. The third kappa shape index (κ3) is 5.35. The van der Waals surface area contributed by atoms with E-state index < -0.39 is 47.3 Å². The SMILES string of the molecule is CC(NC(=O)c1cc(C2CC2C(F)(F)F)cc(C(F)(F)F)c1)c1nc(Br)nn1-c1ccc(C#N)cn1. The summed E-state index contributed by atoms with van der Waals surface area (Å²) in [5, 5.41) is 15.6. The van der Waals surface area contributed by atoms with Gasteiger partial charge in [0.1, 0.15) is 6.07 Å². The van der Waals surface area contributed by atoms with Crippen LogP contribution in [0, 0.1) is 17.2 Å². The number of pyridine rings is 1. The van der Waals surface area contributed by atoms with Crippen molar-refractivity contribution in [2.24, 2.45) is 5.92 Å². The van der Waals surface area contributed by atoms with E-state index in [0.29, 0.717) is 17.7 Å². The molecule has 2 aromatic heterocycles. The maximum atomic E-state index is 13.4. The van der Waals surface area contributed by atoms with Gasteiger partial charge in [0.25, 0.3) is 5.91 Å². The fourth-order valence-electron chi connectivity index (χ4n) is 3.75. The molecule has 36 heavy (non-hydrogen) atoms. The van der Waals surface area contributed by atoms with Crippen molar-refractivity contribution in [3.05, 3.63) is 69.3 Å². The first kappa shape index (κ1) is 25.6. The minimum absolute atomic E-state index is 0.137. The molecule has 0 aliphatic heterocycles. The van der Waals surface area contributed by atoms with Crippen molar-refractivity contribution >= 4 is 21.8 Å². The molecule has 1 fully saturated rings. The number of hydrogen-bond acceptors (Lipinski definition) is 5. The Bertz CT molecular complexity index is 1350. The summed E-state index contributed by atoms with van der Waals surface area (Å²) >= 11 is 3.12. The lowest BCUT2D eigenvalue weighted by Crippen LogP contribution is -2.29. The Balaban J connectivity index is 1.62. The highest BCUT2D eigenvalue weighted by Gasteiger charge is 2.56. The second-order valence-corrected chi connectivity index (χ2v) is 8.90. The first-order valence-corrected chi connectivity index (χ1v) is 11.2. The van der Waals surface area contributed by atoms with E-state index in [0.717, 1.165) is 6.07 Å². The van der Waals surface area contributed by atoms with Crippen molar-refractivity contribution < 1.29 is 31.1 Å². The molecule has 0 radical (unpaired) electrons. The topological polar surface area (TPSA) is 96.5 Å². The number of nitrogens with zero attached hydrogens (tertiary/aromatic N) is 5. The molecule has 1 aliphatic rings. The number of carbonyl (C=O) groups is 1. The molecule has 0 saturated heterocycles. The van der Waals surface area contributed by atoms with E-state index in [-0.39, 0.29) is 28.4 Å². The van der Waals surface area contributed by atoms with Crippen LogP contribution >= 0.6 is 15.9 Å². The van der Waals surface area contributed by atoms with Gasteiger partial charge < -0.3 is 5.32 Å². The maximum absolute atomic E-state index is 13.4. The minimum Gasteiger partial charge on any atom is -0.342 e. The highest BCUT2D eigenvalue weighted by atomic mass is 79.9. The summed E-state index contributed by atoms with van der Waals surface area (Å²) < 4.78 is 80.8. The van der Waals surface area contributed by atoms with Crippen LogP contribution < -0.4 is 5.32 Å². The van der Waals surface area contributed by atoms with Crippen molar-refractivity contribution in [3.63, 3.8) is 0 Å². The van der Waals surface area contributed by atoms with Crippen LogP contribution in [0.2, 0.25) is 0 Å². The molecule has 1 amide bonds. The first-order chi connectivity index (χ1) is 16.8. The molecule has 14 heteroatoms. The average Bonchev–Trinajstić information content (AvgIpc) is 3.54. The van der Waals surface area contributed by atoms with Crippen LogP contribution in [0.5, 0.6) is 0 Å². The molecule has 3 aromatic rings. The number of aromatic nitrogens is 4. The lowest BCUT2D eigenvalue weighted by Gasteiger charge is -2.16. The van der Waals surface area contributed by atoms with Gasteiger partial charge in [0.2, 0.25) is 4.73 Å². The molecule has 3 atom stereocenters. The number of carbonyl (C=O) groups excluding carboxylic acids is 1. The Labute approximate surface area is 208 Å². The van der Waals surface area contributed by atoms with Gasteiger partial charge in [0.05, 0.1) is 23.1 Å². The number of nitriles is 1. The van der Waals surface area contributed by atoms with Crippen LogP contribution in [0.25, 0.3) is 5.82 Å². The standard InChI is InChI=1S/C22H15BrF6N6O/c1-10(18-33-20(23)34-35(18)17-3-2-11(8-30)9-31-17)32-19(36)13-4-12(5-14(6-13)21(24,25)26)15-7-16(15)22(27,28)29/h2-6,9-10,15-16H,7H2,1H3,(H,32,36). The molecule has 0 spiro atoms. The van der Waals surface area contributed by atoms with Gasteiger partial charge >= 0.3 is 12.4 Å². The molecule has 2 heterocycles. The summed E-state index contributed by atoms with van der Waals surface area (Å²) in [6.07, 6.45) is -8.43. The summed E-state index contributed by atoms with van der Waals surface area (Å²) in [6, 6.07) is 6.31. The zero-order chi connectivity index (χ0) is 26.4. The molecular formula is C22H15BrF6N6O. The van der Waals surface area contributed by atoms with Crippen LogP contribution in [-0.2, 0) is 6.18 Å². The van der Waals surface area contributed by atoms with Crippen LogP contribution in [0.4, 0.5) is 26.3 Å². The Hall–Kier alpha value is -3.47. The second kappa shape index (κ2) is 9.20. The molecule has 1 N–H and O–H groups in total. The van der Waals surface area contributed by atoms with E-state index in [1.54, 1.807) is 0 Å². The summed E-state index contributed by atoms with van der Waals surface area (Å²) in [6.45, 7) is 1.50. The highest BCUT2D eigenvalue weighted by Crippen LogP contribution is 2.56. The van der Waals surface area contributed by atoms with Gasteiger partial charge in [0.15, 0.2) is 11.6 Å². The Morgan fingerprint density at radius 2 is 1.94 bits per heavy atom. The van der Waals surface area contributed by atoms with E-state index in [2.05, 4.69) is 36.3 Å². The Morgan fingerprint density at radius 3 is 2.50 bits per heavy atom. The van der Waals surface area contributed by atoms with Crippen LogP contribution in [0.15, 0.2) is 41.3 Å². The lowest BCUT2D eigenvalue weighted by atomic mass is 10.0. The summed E-state index contributed by atoms with van der Waals surface area (Å²) in [5.41, 5.74) is -1.54. The van der Waals surface area contributed by atoms with Crippen LogP contribution in [0.1, 0.15) is 58.2 Å². The number of halogens is 7. The van der Waals surface area contributed by atoms with Crippen molar-refractivity contribution in [2.45, 2.75) is 37.7 Å². The summed E-state index contributed by atoms with van der Waals surface area (Å²) in [4.78, 5) is 21.2. The van der Waals surface area contributed by atoms with Crippen molar-refractivity contribution in [2.75, 3.05) is 0 Å². The smallest absolute Gasteiger partial charge is 0.342 e. The van der Waals surface area contributed by atoms with Crippen molar-refractivity contribution in [1.29, 1.82) is 5.26 Å². The highest BCUT2D eigenvalue weighted by molar-refractivity contribution is 9.10. The van der Waals surface area contributed by atoms with Crippen LogP contribution in [-0.4, -0.2) is 31.8 Å². The third-order valence-corrected chi connectivity index (χ3v) is 5.96. The summed E-state index contributed by atoms with van der Waals surface area (Å²) in [7, 11) is 0. The van der Waals surface area contributed by atoms with Gasteiger partial charge in [-0.15, -0.1) is 5.10 Å². The number of nitrogens with one attached hydrogen (secondary N) is 1. The molecular weight excluding hydrogens is 558 g/mol. The number of rotatable bonds is 5. The zero-order valence-corrected chi connectivity index (χ0v) is 19.8. The normalized spacial score (nSPS) is 18.4. The largest absolute Gasteiger partial charge is 0.416 e. The second-order valence-electron chi connectivity index (χ2n) is 8.19. The number of benzene rings is 1. The molecule has 1 aromatic carbocycles. The van der Waals surface area contributed by atoms with Gasteiger partial charge in [-0.1, -0.05) is 0 Å². The van der Waals surface area contributed by atoms with E-state index in [9.17, 15) is 31.1 Å². The molecule has 7 nitrogen and oxygen atoms in total.